The summed E-state index contributed by atoms with van der Waals surface area (Å²) in [5, 5.41) is 11.5. The predicted molar refractivity (Wildman–Crippen MR) is 107 cm³/mol. The SMILES string of the molecule is CNC1c2ccccc2N(C)S(=O)(=O)c2cc(Cl)ccc21.O=CCCC(=O)O. The molecule has 9 heteroatoms. The number of hydrogen-bond donors (Lipinski definition) is 2. The normalized spacial score (nSPS) is 16.7. The molecule has 7 nitrogen and oxygen atoms in total. The van der Waals surface area contributed by atoms with E-state index in [1.165, 1.54) is 10.4 Å². The Bertz CT molecular complexity index is 978. The largest absolute Gasteiger partial charge is 0.481 e. The molecule has 28 heavy (non-hydrogen) atoms. The molecule has 0 bridgehead atoms. The zero-order valence-electron chi connectivity index (χ0n) is 15.4. The first kappa shape index (κ1) is 21.9. The molecule has 0 radical (unpaired) electrons. The number of carboxylic acid groups (broad SMARTS) is 1. The van der Waals surface area contributed by atoms with E-state index in [0.29, 0.717) is 22.6 Å². The fourth-order valence-electron chi connectivity index (χ4n) is 2.93. The molecule has 0 saturated carbocycles. The number of aldehydes is 1. The lowest BCUT2D eigenvalue weighted by atomic mass is 9.97. The summed E-state index contributed by atoms with van der Waals surface area (Å²) in [4.78, 5) is 19.3. The minimum Gasteiger partial charge on any atom is -0.481 e. The van der Waals surface area contributed by atoms with E-state index in [9.17, 15) is 18.0 Å². The van der Waals surface area contributed by atoms with Crippen LogP contribution in [0, 0.1) is 0 Å². The average molecular weight is 425 g/mol. The monoisotopic (exact) mass is 424 g/mol. The van der Waals surface area contributed by atoms with Crippen LogP contribution in [0.15, 0.2) is 47.4 Å². The summed E-state index contributed by atoms with van der Waals surface area (Å²) in [5.74, 6) is -0.924. The Morgan fingerprint density at radius 2 is 1.93 bits per heavy atom. The second-order valence-electron chi connectivity index (χ2n) is 6.03. The number of fused-ring (bicyclic) bond motifs is 2. The van der Waals surface area contributed by atoms with Crippen LogP contribution in [0.3, 0.4) is 0 Å². The number of sulfonamides is 1. The highest BCUT2D eigenvalue weighted by Crippen LogP contribution is 2.40. The number of carboxylic acids is 1. The maximum absolute atomic E-state index is 12.8. The second-order valence-corrected chi connectivity index (χ2v) is 8.41. The molecule has 1 unspecified atom stereocenters. The van der Waals surface area contributed by atoms with Crippen molar-refractivity contribution < 1.29 is 23.1 Å². The average Bonchev–Trinajstić information content (AvgIpc) is 2.74. The van der Waals surface area contributed by atoms with Gasteiger partial charge in [-0.05, 0) is 36.4 Å². The highest BCUT2D eigenvalue weighted by Gasteiger charge is 2.34. The van der Waals surface area contributed by atoms with Crippen LogP contribution in [-0.4, -0.2) is 39.9 Å². The number of rotatable bonds is 4. The van der Waals surface area contributed by atoms with Crippen LogP contribution in [0.2, 0.25) is 5.02 Å². The molecule has 2 N–H and O–H groups in total. The van der Waals surface area contributed by atoms with E-state index in [4.69, 9.17) is 16.7 Å². The molecule has 3 rings (SSSR count). The third kappa shape index (κ3) is 4.52. The van der Waals surface area contributed by atoms with Crippen molar-refractivity contribution in [2.75, 3.05) is 18.4 Å². The topological polar surface area (TPSA) is 104 Å². The van der Waals surface area contributed by atoms with Gasteiger partial charge in [-0.25, -0.2) is 8.42 Å². The van der Waals surface area contributed by atoms with Gasteiger partial charge in [0.05, 0.1) is 23.0 Å². The number of halogens is 1. The minimum atomic E-state index is -3.63. The molecule has 0 aliphatic carbocycles. The highest BCUT2D eigenvalue weighted by atomic mass is 35.5. The van der Waals surface area contributed by atoms with Crippen LogP contribution < -0.4 is 9.62 Å². The number of nitrogens with one attached hydrogen (secondary N) is 1. The first-order valence-corrected chi connectivity index (χ1v) is 10.3. The van der Waals surface area contributed by atoms with E-state index in [-0.39, 0.29) is 23.8 Å². The zero-order chi connectivity index (χ0) is 20.9. The molecule has 2 aromatic rings. The van der Waals surface area contributed by atoms with Gasteiger partial charge in [0.1, 0.15) is 6.29 Å². The molecule has 0 amide bonds. The van der Waals surface area contributed by atoms with Gasteiger partial charge in [-0.3, -0.25) is 9.10 Å². The number of carbonyl (C=O) groups excluding carboxylic acids is 1. The molecule has 2 aromatic carbocycles. The fourth-order valence-corrected chi connectivity index (χ4v) is 4.64. The summed E-state index contributed by atoms with van der Waals surface area (Å²) in [6.07, 6.45) is 0.660. The van der Waals surface area contributed by atoms with Crippen LogP contribution in [0.1, 0.15) is 30.0 Å². The van der Waals surface area contributed by atoms with Crippen molar-refractivity contribution in [2.45, 2.75) is 23.8 Å². The van der Waals surface area contributed by atoms with Gasteiger partial charge in [-0.1, -0.05) is 35.9 Å². The number of hydrogen-bond acceptors (Lipinski definition) is 5. The van der Waals surface area contributed by atoms with Crippen molar-refractivity contribution in [2.24, 2.45) is 0 Å². The van der Waals surface area contributed by atoms with Gasteiger partial charge in [0, 0.05) is 18.5 Å². The van der Waals surface area contributed by atoms with Gasteiger partial charge >= 0.3 is 5.97 Å². The van der Waals surface area contributed by atoms with Crippen molar-refractivity contribution in [1.82, 2.24) is 5.32 Å². The smallest absolute Gasteiger partial charge is 0.303 e. The quantitative estimate of drug-likeness (QED) is 0.731. The molecule has 1 heterocycles. The number of para-hydroxylation sites is 1. The van der Waals surface area contributed by atoms with Crippen LogP contribution in [-0.2, 0) is 19.6 Å². The van der Waals surface area contributed by atoms with Crippen LogP contribution in [0.5, 0.6) is 0 Å². The van der Waals surface area contributed by atoms with Crippen molar-refractivity contribution >= 4 is 39.6 Å². The standard InChI is InChI=1S/C15H15ClN2O2S.C4H6O3/c1-17-15-11-5-3-4-6-13(11)18(2)21(19,20)14-9-10(16)7-8-12(14)15;5-3-1-2-4(6)7/h3-9,15,17H,1-2H3;3H,1-2H2,(H,6,7). The molecule has 0 saturated heterocycles. The predicted octanol–water partition coefficient (Wildman–Crippen LogP) is 2.84. The number of aliphatic carboxylic acids is 1. The van der Waals surface area contributed by atoms with E-state index in [1.807, 2.05) is 31.3 Å². The Morgan fingerprint density at radius 1 is 1.25 bits per heavy atom. The first-order chi connectivity index (χ1) is 13.2. The summed E-state index contributed by atoms with van der Waals surface area (Å²) >= 11 is 6.00. The van der Waals surface area contributed by atoms with E-state index in [1.54, 1.807) is 19.2 Å². The van der Waals surface area contributed by atoms with Crippen molar-refractivity contribution in [3.63, 3.8) is 0 Å². The summed E-state index contributed by atoms with van der Waals surface area (Å²) in [7, 11) is -0.244. The van der Waals surface area contributed by atoms with Crippen molar-refractivity contribution in [1.29, 1.82) is 0 Å². The molecule has 0 fully saturated rings. The molecule has 0 aromatic heterocycles. The number of nitrogens with zero attached hydrogens (tertiary/aromatic N) is 1. The summed E-state index contributed by atoms with van der Waals surface area (Å²) in [6.45, 7) is 0. The minimum absolute atomic E-state index is 0.0521. The number of carbonyl (C=O) groups is 2. The summed E-state index contributed by atoms with van der Waals surface area (Å²) < 4.78 is 27.0. The first-order valence-electron chi connectivity index (χ1n) is 8.44. The van der Waals surface area contributed by atoms with Gasteiger partial charge in [0.25, 0.3) is 10.0 Å². The van der Waals surface area contributed by atoms with Crippen LogP contribution in [0.25, 0.3) is 0 Å². The third-order valence-electron chi connectivity index (χ3n) is 4.28. The molecular formula is C19H21ClN2O5S. The third-order valence-corrected chi connectivity index (χ3v) is 6.34. The Morgan fingerprint density at radius 3 is 2.50 bits per heavy atom. The lowest BCUT2D eigenvalue weighted by Gasteiger charge is -2.20. The number of benzene rings is 2. The van der Waals surface area contributed by atoms with E-state index in [0.717, 1.165) is 5.56 Å². The molecule has 0 spiro atoms. The maximum Gasteiger partial charge on any atom is 0.303 e. The van der Waals surface area contributed by atoms with Crippen molar-refractivity contribution in [3.05, 3.63) is 58.6 Å². The van der Waals surface area contributed by atoms with Gasteiger partial charge < -0.3 is 15.2 Å². The fraction of sp³-hybridized carbons (Fsp3) is 0.263. The van der Waals surface area contributed by atoms with Crippen LogP contribution >= 0.6 is 11.6 Å². The van der Waals surface area contributed by atoms with Crippen LogP contribution in [0.4, 0.5) is 5.69 Å². The summed E-state index contributed by atoms with van der Waals surface area (Å²) in [5.41, 5.74) is 2.30. The molecular weight excluding hydrogens is 404 g/mol. The Hall–Kier alpha value is -2.42. The van der Waals surface area contributed by atoms with Gasteiger partial charge in [0.15, 0.2) is 0 Å². The molecule has 1 aliphatic heterocycles. The van der Waals surface area contributed by atoms with E-state index in [2.05, 4.69) is 5.32 Å². The molecule has 1 atom stereocenters. The van der Waals surface area contributed by atoms with Gasteiger partial charge in [-0.15, -0.1) is 0 Å². The van der Waals surface area contributed by atoms with E-state index >= 15 is 0 Å². The lowest BCUT2D eigenvalue weighted by Crippen LogP contribution is -2.26. The number of anilines is 1. The van der Waals surface area contributed by atoms with E-state index < -0.39 is 16.0 Å². The lowest BCUT2D eigenvalue weighted by molar-refractivity contribution is -0.137. The Labute approximate surface area is 169 Å². The van der Waals surface area contributed by atoms with Gasteiger partial charge in [0.2, 0.25) is 0 Å². The molecule has 150 valence electrons. The molecule has 1 aliphatic rings. The maximum atomic E-state index is 12.8. The second kappa shape index (κ2) is 9.18. The Kier molecular flexibility index (Phi) is 7.17. The van der Waals surface area contributed by atoms with Crippen molar-refractivity contribution in [3.8, 4) is 0 Å². The Balaban J connectivity index is 0.000000345. The van der Waals surface area contributed by atoms with Gasteiger partial charge in [-0.2, -0.15) is 0 Å². The zero-order valence-corrected chi connectivity index (χ0v) is 17.0. The summed E-state index contributed by atoms with van der Waals surface area (Å²) in [6, 6.07) is 12.3. The highest BCUT2D eigenvalue weighted by molar-refractivity contribution is 7.92.